The van der Waals surface area contributed by atoms with Gasteiger partial charge in [-0.15, -0.1) is 10.2 Å². The van der Waals surface area contributed by atoms with Gasteiger partial charge in [0.25, 0.3) is 0 Å². The third-order valence-electron chi connectivity index (χ3n) is 1.68. The van der Waals surface area contributed by atoms with Crippen molar-refractivity contribution >= 4 is 17.7 Å². The topological polar surface area (TPSA) is 68.0 Å². The SMILES string of the molecule is CSc1nnc(C(=O)O)n1C(C)(C)C. The van der Waals surface area contributed by atoms with Crippen LogP contribution in [-0.4, -0.2) is 32.1 Å². The van der Waals surface area contributed by atoms with Gasteiger partial charge >= 0.3 is 5.97 Å². The van der Waals surface area contributed by atoms with E-state index < -0.39 is 5.97 Å². The smallest absolute Gasteiger partial charge is 0.374 e. The minimum absolute atomic E-state index is 0.0122. The Kier molecular flexibility index (Phi) is 2.84. The van der Waals surface area contributed by atoms with Crippen LogP contribution in [-0.2, 0) is 5.54 Å². The summed E-state index contributed by atoms with van der Waals surface area (Å²) in [5.41, 5.74) is -0.324. The molecule has 0 atom stereocenters. The molecule has 14 heavy (non-hydrogen) atoms. The van der Waals surface area contributed by atoms with Crippen LogP contribution >= 0.6 is 11.8 Å². The second kappa shape index (κ2) is 3.61. The molecule has 5 nitrogen and oxygen atoms in total. The van der Waals surface area contributed by atoms with Gasteiger partial charge in [-0.3, -0.25) is 4.57 Å². The first-order chi connectivity index (χ1) is 6.38. The van der Waals surface area contributed by atoms with Crippen LogP contribution in [0.3, 0.4) is 0 Å². The van der Waals surface area contributed by atoms with Gasteiger partial charge in [-0.05, 0) is 27.0 Å². The Bertz CT molecular complexity index is 354. The quantitative estimate of drug-likeness (QED) is 0.756. The van der Waals surface area contributed by atoms with E-state index in [4.69, 9.17) is 5.11 Å². The summed E-state index contributed by atoms with van der Waals surface area (Å²) in [6.07, 6.45) is 1.85. The molecule has 1 aromatic heterocycles. The van der Waals surface area contributed by atoms with Crippen molar-refractivity contribution in [3.05, 3.63) is 5.82 Å². The maximum Gasteiger partial charge on any atom is 0.374 e. The fourth-order valence-electron chi connectivity index (χ4n) is 1.15. The van der Waals surface area contributed by atoms with Crippen LogP contribution in [0.1, 0.15) is 31.4 Å². The monoisotopic (exact) mass is 215 g/mol. The summed E-state index contributed by atoms with van der Waals surface area (Å²) in [5, 5.41) is 17.0. The van der Waals surface area contributed by atoms with Crippen LogP contribution in [0.2, 0.25) is 0 Å². The molecule has 0 saturated heterocycles. The first kappa shape index (κ1) is 11.0. The largest absolute Gasteiger partial charge is 0.475 e. The molecule has 0 amide bonds. The molecule has 0 bridgehead atoms. The second-order valence-electron chi connectivity index (χ2n) is 3.82. The lowest BCUT2D eigenvalue weighted by molar-refractivity contribution is 0.0668. The molecule has 78 valence electrons. The highest BCUT2D eigenvalue weighted by molar-refractivity contribution is 7.98. The number of hydrogen-bond donors (Lipinski definition) is 1. The summed E-state index contributed by atoms with van der Waals surface area (Å²) in [4.78, 5) is 10.9. The van der Waals surface area contributed by atoms with Gasteiger partial charge in [0, 0.05) is 5.54 Å². The van der Waals surface area contributed by atoms with E-state index in [0.717, 1.165) is 0 Å². The van der Waals surface area contributed by atoms with E-state index in [1.807, 2.05) is 27.0 Å². The van der Waals surface area contributed by atoms with Crippen LogP contribution in [0.5, 0.6) is 0 Å². The van der Waals surface area contributed by atoms with E-state index in [9.17, 15) is 4.79 Å². The molecule has 0 spiro atoms. The number of hydrogen-bond acceptors (Lipinski definition) is 4. The number of aromatic nitrogens is 3. The second-order valence-corrected chi connectivity index (χ2v) is 4.60. The van der Waals surface area contributed by atoms with Crippen molar-refractivity contribution in [2.45, 2.75) is 31.5 Å². The molecule has 1 aromatic rings. The maximum absolute atomic E-state index is 10.9. The Morgan fingerprint density at radius 1 is 1.43 bits per heavy atom. The molecule has 0 aromatic carbocycles. The van der Waals surface area contributed by atoms with Crippen molar-refractivity contribution in [1.29, 1.82) is 0 Å². The fraction of sp³-hybridized carbons (Fsp3) is 0.625. The van der Waals surface area contributed by atoms with Gasteiger partial charge in [-0.25, -0.2) is 4.79 Å². The Morgan fingerprint density at radius 3 is 2.36 bits per heavy atom. The number of nitrogens with zero attached hydrogens (tertiary/aromatic N) is 3. The van der Waals surface area contributed by atoms with Crippen LogP contribution < -0.4 is 0 Å². The summed E-state index contributed by atoms with van der Waals surface area (Å²) < 4.78 is 1.62. The molecule has 0 radical (unpaired) electrons. The molecule has 6 heteroatoms. The predicted molar refractivity (Wildman–Crippen MR) is 53.8 cm³/mol. The molecule has 1 N–H and O–H groups in total. The Balaban J connectivity index is 3.34. The normalized spacial score (nSPS) is 11.7. The Morgan fingerprint density at radius 2 is 2.00 bits per heavy atom. The number of aromatic carboxylic acids is 1. The van der Waals surface area contributed by atoms with E-state index in [-0.39, 0.29) is 11.4 Å². The van der Waals surface area contributed by atoms with Crippen molar-refractivity contribution in [3.63, 3.8) is 0 Å². The molecule has 1 heterocycles. The van der Waals surface area contributed by atoms with Gasteiger partial charge in [-0.2, -0.15) is 0 Å². The van der Waals surface area contributed by atoms with E-state index in [2.05, 4.69) is 10.2 Å². The fourth-order valence-corrected chi connectivity index (χ4v) is 1.81. The van der Waals surface area contributed by atoms with Gasteiger partial charge in [0.1, 0.15) is 0 Å². The van der Waals surface area contributed by atoms with E-state index >= 15 is 0 Å². The summed E-state index contributed by atoms with van der Waals surface area (Å²) >= 11 is 1.39. The Hall–Kier alpha value is -1.04. The van der Waals surface area contributed by atoms with Crippen molar-refractivity contribution in [1.82, 2.24) is 14.8 Å². The van der Waals surface area contributed by atoms with Crippen molar-refractivity contribution < 1.29 is 9.90 Å². The maximum atomic E-state index is 10.9. The third-order valence-corrected chi connectivity index (χ3v) is 2.31. The highest BCUT2D eigenvalue weighted by Gasteiger charge is 2.26. The molecule has 0 fully saturated rings. The molecular weight excluding hydrogens is 202 g/mol. The summed E-state index contributed by atoms with van der Waals surface area (Å²) in [6, 6.07) is 0. The molecule has 0 aliphatic rings. The highest BCUT2D eigenvalue weighted by atomic mass is 32.2. The summed E-state index contributed by atoms with van der Waals surface area (Å²) in [6.45, 7) is 5.76. The lowest BCUT2D eigenvalue weighted by Gasteiger charge is -2.22. The van der Waals surface area contributed by atoms with Gasteiger partial charge in [0.05, 0.1) is 0 Å². The lowest BCUT2D eigenvalue weighted by Crippen LogP contribution is -2.26. The third kappa shape index (κ3) is 1.89. The van der Waals surface area contributed by atoms with Gasteiger partial charge in [-0.1, -0.05) is 11.8 Å². The zero-order valence-electron chi connectivity index (χ0n) is 8.61. The van der Waals surface area contributed by atoms with E-state index in [1.165, 1.54) is 11.8 Å². The van der Waals surface area contributed by atoms with Crippen molar-refractivity contribution in [3.8, 4) is 0 Å². The highest BCUT2D eigenvalue weighted by Crippen LogP contribution is 2.23. The Labute approximate surface area is 86.5 Å². The van der Waals surface area contributed by atoms with Crippen molar-refractivity contribution in [2.24, 2.45) is 0 Å². The number of carbonyl (C=O) groups is 1. The zero-order chi connectivity index (χ0) is 10.9. The zero-order valence-corrected chi connectivity index (χ0v) is 9.42. The van der Waals surface area contributed by atoms with Gasteiger partial charge < -0.3 is 5.11 Å². The first-order valence-corrected chi connectivity index (χ1v) is 5.33. The van der Waals surface area contributed by atoms with Crippen LogP contribution in [0.15, 0.2) is 5.16 Å². The molecular formula is C8H13N3O2S. The molecule has 0 aliphatic heterocycles. The standard InChI is InChI=1S/C8H13N3O2S/c1-8(2,3)11-5(6(12)13)9-10-7(11)14-4/h1-4H3,(H,12,13). The van der Waals surface area contributed by atoms with Gasteiger partial charge in [0.2, 0.25) is 5.82 Å². The number of carboxylic acids is 1. The van der Waals surface area contributed by atoms with Crippen LogP contribution in [0, 0.1) is 0 Å². The number of carboxylic acid groups (broad SMARTS) is 1. The van der Waals surface area contributed by atoms with Gasteiger partial charge in [0.15, 0.2) is 5.16 Å². The first-order valence-electron chi connectivity index (χ1n) is 4.11. The average Bonchev–Trinajstić information content (AvgIpc) is 2.45. The minimum atomic E-state index is -1.05. The summed E-state index contributed by atoms with van der Waals surface area (Å²) in [5.74, 6) is -1.06. The molecule has 0 saturated carbocycles. The van der Waals surface area contributed by atoms with E-state index in [0.29, 0.717) is 5.16 Å². The average molecular weight is 215 g/mol. The van der Waals surface area contributed by atoms with E-state index in [1.54, 1.807) is 4.57 Å². The van der Waals surface area contributed by atoms with Crippen LogP contribution in [0.25, 0.3) is 0 Å². The molecule has 1 rings (SSSR count). The number of thioether (sulfide) groups is 1. The molecule has 0 aliphatic carbocycles. The summed E-state index contributed by atoms with van der Waals surface area (Å²) in [7, 11) is 0. The van der Waals surface area contributed by atoms with Crippen molar-refractivity contribution in [2.75, 3.05) is 6.26 Å². The number of rotatable bonds is 2. The lowest BCUT2D eigenvalue weighted by atomic mass is 10.1. The predicted octanol–water partition coefficient (Wildman–Crippen LogP) is 1.45. The molecule has 0 unspecified atom stereocenters. The van der Waals surface area contributed by atoms with Crippen LogP contribution in [0.4, 0.5) is 0 Å². The minimum Gasteiger partial charge on any atom is -0.475 e.